The maximum atomic E-state index is 12.0. The summed E-state index contributed by atoms with van der Waals surface area (Å²) >= 11 is 0. The fourth-order valence-electron chi connectivity index (χ4n) is 3.09. The Morgan fingerprint density at radius 2 is 2.00 bits per heavy atom. The summed E-state index contributed by atoms with van der Waals surface area (Å²) < 4.78 is 5.65. The van der Waals surface area contributed by atoms with Crippen LogP contribution in [0.4, 0.5) is 0 Å². The van der Waals surface area contributed by atoms with Crippen molar-refractivity contribution in [1.82, 2.24) is 5.32 Å². The van der Waals surface area contributed by atoms with Crippen LogP contribution in [0.25, 0.3) is 0 Å². The normalized spacial score (nSPS) is 21.1. The summed E-state index contributed by atoms with van der Waals surface area (Å²) in [4.78, 5) is 12.0. The Balaban J connectivity index is 1.44. The largest absolute Gasteiger partial charge is 0.381 e. The van der Waals surface area contributed by atoms with Crippen molar-refractivity contribution >= 4 is 5.91 Å². The summed E-state index contributed by atoms with van der Waals surface area (Å²) in [5.74, 6) is 0.311. The summed E-state index contributed by atoms with van der Waals surface area (Å²) in [5, 5.41) is 3.04. The quantitative estimate of drug-likeness (QED) is 0.688. The fraction of sp³-hybridized carbons (Fsp3) is 0.632. The van der Waals surface area contributed by atoms with Crippen LogP contribution in [0, 0.1) is 5.92 Å². The standard InChI is InChI=1S/C19H30N2O2/c20-18-10-6-9-17(15-18)19(22)21-12-4-5-13-23-14-11-16-7-2-1-3-8-16/h1-3,7-8,17-18H,4-6,9-15,20H2,(H,21,22). The van der Waals surface area contributed by atoms with Gasteiger partial charge in [0.25, 0.3) is 0 Å². The Labute approximate surface area is 139 Å². The van der Waals surface area contributed by atoms with E-state index in [9.17, 15) is 4.79 Å². The van der Waals surface area contributed by atoms with Crippen molar-refractivity contribution in [3.63, 3.8) is 0 Å². The fourth-order valence-corrected chi connectivity index (χ4v) is 3.09. The molecule has 1 amide bonds. The van der Waals surface area contributed by atoms with Gasteiger partial charge in [0.15, 0.2) is 0 Å². The van der Waals surface area contributed by atoms with Crippen LogP contribution in [0.1, 0.15) is 44.1 Å². The first kappa shape index (κ1) is 18.0. The molecule has 1 aromatic rings. The number of carbonyl (C=O) groups excluding carboxylic acids is 1. The van der Waals surface area contributed by atoms with Crippen LogP contribution in [-0.4, -0.2) is 31.7 Å². The van der Waals surface area contributed by atoms with Gasteiger partial charge in [-0.3, -0.25) is 4.79 Å². The number of amides is 1. The van der Waals surface area contributed by atoms with E-state index in [2.05, 4.69) is 29.6 Å². The lowest BCUT2D eigenvalue weighted by molar-refractivity contribution is -0.126. The number of benzene rings is 1. The molecular formula is C19H30N2O2. The second kappa shape index (κ2) is 10.4. The number of nitrogens with two attached hydrogens (primary N) is 1. The Bertz CT molecular complexity index is 450. The first-order valence-corrected chi connectivity index (χ1v) is 8.90. The van der Waals surface area contributed by atoms with Crippen molar-refractivity contribution in [2.75, 3.05) is 19.8 Å². The maximum absolute atomic E-state index is 12.0. The van der Waals surface area contributed by atoms with Gasteiger partial charge in [-0.1, -0.05) is 36.8 Å². The number of carbonyl (C=O) groups is 1. The maximum Gasteiger partial charge on any atom is 0.223 e. The van der Waals surface area contributed by atoms with E-state index in [4.69, 9.17) is 10.5 Å². The third-order valence-electron chi connectivity index (χ3n) is 4.48. The zero-order chi connectivity index (χ0) is 16.3. The highest BCUT2D eigenvalue weighted by Gasteiger charge is 2.24. The first-order chi connectivity index (χ1) is 11.3. The summed E-state index contributed by atoms with van der Waals surface area (Å²) in [6, 6.07) is 10.6. The SMILES string of the molecule is NC1CCCC(C(=O)NCCCCOCCc2ccccc2)C1. The second-order valence-corrected chi connectivity index (χ2v) is 6.47. The van der Waals surface area contributed by atoms with E-state index in [0.29, 0.717) is 0 Å². The van der Waals surface area contributed by atoms with E-state index in [1.165, 1.54) is 5.56 Å². The van der Waals surface area contributed by atoms with Gasteiger partial charge in [0, 0.05) is 25.1 Å². The van der Waals surface area contributed by atoms with Gasteiger partial charge in [-0.2, -0.15) is 0 Å². The van der Waals surface area contributed by atoms with E-state index < -0.39 is 0 Å². The number of rotatable bonds is 9. The number of unbranched alkanes of at least 4 members (excludes halogenated alkanes) is 1. The lowest BCUT2D eigenvalue weighted by Gasteiger charge is -2.25. The predicted molar refractivity (Wildman–Crippen MR) is 93.1 cm³/mol. The molecule has 1 saturated carbocycles. The van der Waals surface area contributed by atoms with Crippen LogP contribution < -0.4 is 11.1 Å². The summed E-state index contributed by atoms with van der Waals surface area (Å²) in [7, 11) is 0. The van der Waals surface area contributed by atoms with E-state index >= 15 is 0 Å². The molecule has 1 aliphatic rings. The minimum Gasteiger partial charge on any atom is -0.381 e. The average molecular weight is 318 g/mol. The molecule has 1 aliphatic carbocycles. The van der Waals surface area contributed by atoms with Gasteiger partial charge in [0.1, 0.15) is 0 Å². The Morgan fingerprint density at radius 1 is 1.17 bits per heavy atom. The smallest absolute Gasteiger partial charge is 0.223 e. The van der Waals surface area contributed by atoms with Gasteiger partial charge >= 0.3 is 0 Å². The van der Waals surface area contributed by atoms with Crippen molar-refractivity contribution in [1.29, 1.82) is 0 Å². The van der Waals surface area contributed by atoms with Gasteiger partial charge in [-0.15, -0.1) is 0 Å². The molecule has 0 aliphatic heterocycles. The summed E-state index contributed by atoms with van der Waals surface area (Å²) in [5.41, 5.74) is 7.24. The molecule has 3 N–H and O–H groups in total. The molecule has 0 spiro atoms. The second-order valence-electron chi connectivity index (χ2n) is 6.47. The first-order valence-electron chi connectivity index (χ1n) is 8.90. The van der Waals surface area contributed by atoms with Crippen molar-refractivity contribution in [2.45, 2.75) is 51.0 Å². The number of hydrogen-bond donors (Lipinski definition) is 2. The molecule has 0 bridgehead atoms. The lowest BCUT2D eigenvalue weighted by atomic mass is 9.85. The van der Waals surface area contributed by atoms with Crippen LogP contribution >= 0.6 is 0 Å². The van der Waals surface area contributed by atoms with Crippen LogP contribution in [0.3, 0.4) is 0 Å². The van der Waals surface area contributed by atoms with Gasteiger partial charge < -0.3 is 15.8 Å². The molecule has 1 aromatic carbocycles. The molecule has 23 heavy (non-hydrogen) atoms. The average Bonchev–Trinajstić information content (AvgIpc) is 2.58. The van der Waals surface area contributed by atoms with Gasteiger partial charge in [0.2, 0.25) is 5.91 Å². The molecule has 0 radical (unpaired) electrons. The van der Waals surface area contributed by atoms with E-state index in [1.54, 1.807) is 0 Å². The van der Waals surface area contributed by atoms with Crippen LogP contribution in [0.5, 0.6) is 0 Å². The Morgan fingerprint density at radius 3 is 2.78 bits per heavy atom. The Hall–Kier alpha value is -1.39. The third kappa shape index (κ3) is 7.14. The Kier molecular flexibility index (Phi) is 8.12. The van der Waals surface area contributed by atoms with Crippen molar-refractivity contribution in [2.24, 2.45) is 11.7 Å². The third-order valence-corrected chi connectivity index (χ3v) is 4.48. The molecule has 0 aromatic heterocycles. The van der Waals surface area contributed by atoms with Crippen molar-refractivity contribution in [3.05, 3.63) is 35.9 Å². The van der Waals surface area contributed by atoms with Gasteiger partial charge in [-0.25, -0.2) is 0 Å². The predicted octanol–water partition coefficient (Wildman–Crippen LogP) is 2.66. The van der Waals surface area contributed by atoms with Crippen LogP contribution in [0.2, 0.25) is 0 Å². The van der Waals surface area contributed by atoms with Crippen molar-refractivity contribution in [3.8, 4) is 0 Å². The molecule has 128 valence electrons. The molecule has 0 heterocycles. The van der Waals surface area contributed by atoms with Crippen LogP contribution in [0.15, 0.2) is 30.3 Å². The van der Waals surface area contributed by atoms with Gasteiger partial charge in [-0.05, 0) is 44.1 Å². The number of ether oxygens (including phenoxy) is 1. The highest BCUT2D eigenvalue weighted by molar-refractivity contribution is 5.78. The van der Waals surface area contributed by atoms with E-state index in [1.807, 2.05) is 6.07 Å². The van der Waals surface area contributed by atoms with Gasteiger partial charge in [0.05, 0.1) is 6.61 Å². The molecule has 0 saturated heterocycles. The highest BCUT2D eigenvalue weighted by Crippen LogP contribution is 2.23. The molecule has 2 atom stereocenters. The molecule has 1 fully saturated rings. The molecule has 4 nitrogen and oxygen atoms in total. The lowest BCUT2D eigenvalue weighted by Crippen LogP contribution is -2.38. The molecule has 2 rings (SSSR count). The summed E-state index contributed by atoms with van der Waals surface area (Å²) in [6.45, 7) is 2.26. The molecule has 2 unspecified atom stereocenters. The van der Waals surface area contributed by atoms with E-state index in [0.717, 1.165) is 64.7 Å². The topological polar surface area (TPSA) is 64.4 Å². The number of hydrogen-bond acceptors (Lipinski definition) is 3. The monoisotopic (exact) mass is 318 g/mol. The highest BCUT2D eigenvalue weighted by atomic mass is 16.5. The zero-order valence-corrected chi connectivity index (χ0v) is 14.0. The molecule has 4 heteroatoms. The van der Waals surface area contributed by atoms with Crippen molar-refractivity contribution < 1.29 is 9.53 Å². The zero-order valence-electron chi connectivity index (χ0n) is 14.0. The minimum absolute atomic E-state index is 0.126. The minimum atomic E-state index is 0.126. The van der Waals surface area contributed by atoms with Crippen LogP contribution in [-0.2, 0) is 16.0 Å². The summed E-state index contributed by atoms with van der Waals surface area (Å²) in [6.07, 6.45) is 6.88. The number of nitrogens with one attached hydrogen (secondary N) is 1. The van der Waals surface area contributed by atoms with E-state index in [-0.39, 0.29) is 17.9 Å². The molecular weight excluding hydrogens is 288 g/mol.